The van der Waals surface area contributed by atoms with Gasteiger partial charge in [-0.05, 0) is 18.2 Å². The van der Waals surface area contributed by atoms with E-state index in [1.165, 1.54) is 25.3 Å². The van der Waals surface area contributed by atoms with E-state index in [1.807, 2.05) is 0 Å². The fraction of sp³-hybridized carbons (Fsp3) is 0.464. The van der Waals surface area contributed by atoms with E-state index in [4.69, 9.17) is 28.1 Å². The first-order valence-corrected chi connectivity index (χ1v) is 13.6. The normalized spacial score (nSPS) is 31.9. The molecule has 17 heteroatoms. The lowest BCUT2D eigenvalue weighted by Crippen LogP contribution is -2.60. The van der Waals surface area contributed by atoms with E-state index in [0.29, 0.717) is 0 Å². The number of rotatable bonds is 8. The van der Waals surface area contributed by atoms with E-state index < -0.39 is 96.9 Å². The largest absolute Gasteiger partial charge is 0.507 e. The van der Waals surface area contributed by atoms with Gasteiger partial charge in [-0.2, -0.15) is 0 Å². The van der Waals surface area contributed by atoms with Crippen molar-refractivity contribution in [2.24, 2.45) is 0 Å². The molecule has 45 heavy (non-hydrogen) atoms. The summed E-state index contributed by atoms with van der Waals surface area (Å²) < 4.78 is 33.1. The second-order valence-electron chi connectivity index (χ2n) is 10.4. The van der Waals surface area contributed by atoms with Crippen molar-refractivity contribution in [3.8, 4) is 40.1 Å². The highest BCUT2D eigenvalue weighted by molar-refractivity contribution is 5.88. The summed E-state index contributed by atoms with van der Waals surface area (Å²) in [5, 5.41) is 101. The number of aromatic hydroxyl groups is 2. The van der Waals surface area contributed by atoms with E-state index in [9.17, 15) is 55.9 Å². The first kappa shape index (κ1) is 32.6. The minimum Gasteiger partial charge on any atom is -0.507 e. The average Bonchev–Trinajstić information content (AvgIpc) is 3.02. The van der Waals surface area contributed by atoms with E-state index in [2.05, 4.69) is 0 Å². The number of ether oxygens (including phenoxy) is 5. The number of phenolic OH excluding ortho intramolecular Hbond substituents is 2. The minimum absolute atomic E-state index is 0.0448. The zero-order valence-electron chi connectivity index (χ0n) is 23.4. The van der Waals surface area contributed by atoms with Gasteiger partial charge in [0.25, 0.3) is 0 Å². The number of aliphatic hydroxyl groups is 8. The molecule has 3 aromatic rings. The fourth-order valence-corrected chi connectivity index (χ4v) is 5.02. The Balaban J connectivity index is 1.61. The van der Waals surface area contributed by atoms with Crippen LogP contribution in [0.3, 0.4) is 0 Å². The summed E-state index contributed by atoms with van der Waals surface area (Å²) in [5.41, 5.74) is -1.27. The molecule has 2 fully saturated rings. The van der Waals surface area contributed by atoms with Gasteiger partial charge < -0.3 is 79.2 Å². The summed E-state index contributed by atoms with van der Waals surface area (Å²) in [4.78, 5) is 13.8. The van der Waals surface area contributed by atoms with Gasteiger partial charge in [0.2, 0.25) is 23.8 Å². The highest BCUT2D eigenvalue weighted by Crippen LogP contribution is 2.40. The smallest absolute Gasteiger partial charge is 0.239 e. The Morgan fingerprint density at radius 3 is 1.87 bits per heavy atom. The zero-order valence-corrected chi connectivity index (χ0v) is 23.4. The number of benzene rings is 2. The number of hydrogen-bond acceptors (Lipinski definition) is 17. The molecule has 1 aromatic heterocycles. The van der Waals surface area contributed by atoms with Crippen molar-refractivity contribution in [3.63, 3.8) is 0 Å². The Bertz CT molecular complexity index is 1570. The Hall–Kier alpha value is -3.75. The lowest BCUT2D eigenvalue weighted by Gasteiger charge is -2.39. The van der Waals surface area contributed by atoms with Crippen molar-refractivity contribution in [1.82, 2.24) is 0 Å². The molecule has 5 rings (SSSR count). The minimum atomic E-state index is -1.91. The van der Waals surface area contributed by atoms with Crippen LogP contribution in [0.5, 0.6) is 28.7 Å². The van der Waals surface area contributed by atoms with Crippen LogP contribution in [0.4, 0.5) is 0 Å². The zero-order chi connectivity index (χ0) is 32.7. The maximum atomic E-state index is 13.8. The van der Waals surface area contributed by atoms with Crippen molar-refractivity contribution in [3.05, 3.63) is 40.6 Å². The van der Waals surface area contributed by atoms with Gasteiger partial charge >= 0.3 is 0 Å². The molecule has 246 valence electrons. The molecule has 0 unspecified atom stereocenters. The topological polar surface area (TPSA) is 279 Å². The number of hydrogen-bond donors (Lipinski definition) is 10. The average molecular weight is 641 g/mol. The predicted molar refractivity (Wildman–Crippen MR) is 147 cm³/mol. The Morgan fingerprint density at radius 2 is 1.31 bits per heavy atom. The first-order valence-electron chi connectivity index (χ1n) is 13.6. The van der Waals surface area contributed by atoms with E-state index in [-0.39, 0.29) is 34.2 Å². The monoisotopic (exact) mass is 640 g/mol. The van der Waals surface area contributed by atoms with E-state index in [1.54, 1.807) is 0 Å². The number of fused-ring (bicyclic) bond motifs is 1. The molecule has 10 N–H and O–H groups in total. The molecule has 2 aromatic carbocycles. The number of aliphatic hydroxyl groups excluding tert-OH is 8. The van der Waals surface area contributed by atoms with Crippen LogP contribution in [0.25, 0.3) is 22.3 Å². The lowest BCUT2D eigenvalue weighted by molar-refractivity contribution is -0.277. The van der Waals surface area contributed by atoms with Crippen LogP contribution < -0.4 is 19.6 Å². The molecule has 0 radical (unpaired) electrons. The van der Waals surface area contributed by atoms with Gasteiger partial charge in [0.05, 0.1) is 20.3 Å². The number of methoxy groups -OCH3 is 1. The molecule has 0 bridgehead atoms. The standard InChI is InChI=1S/C28H32O17/c1-40-13-4-9(2-3-11(13)31)25-26(45-28-24(39)22(37)19(34)16(8-30)44-28)20(35)17-12(32)5-10(6-14(17)42-25)41-27-23(38)21(36)18(33)15(7-29)43-27/h2-6,15-16,18-19,21-24,27-34,36-39H,7-8H2,1H3/t15-,16-,18+,19-,21-,22-,23-,24+,27+,28-/m0/s1. The van der Waals surface area contributed by atoms with Crippen LogP contribution in [-0.4, -0.2) is 133 Å². The molecule has 0 amide bonds. The van der Waals surface area contributed by atoms with Gasteiger partial charge in [-0.25, -0.2) is 0 Å². The molecule has 10 atom stereocenters. The van der Waals surface area contributed by atoms with Gasteiger partial charge in [-0.15, -0.1) is 0 Å². The summed E-state index contributed by atoms with van der Waals surface area (Å²) in [6.45, 7) is -1.50. The van der Waals surface area contributed by atoms with Gasteiger partial charge in [-0.1, -0.05) is 0 Å². The molecule has 0 aliphatic carbocycles. The molecule has 2 aliphatic rings. The van der Waals surface area contributed by atoms with Crippen LogP contribution >= 0.6 is 0 Å². The maximum Gasteiger partial charge on any atom is 0.239 e. The van der Waals surface area contributed by atoms with Gasteiger partial charge in [-0.3, -0.25) is 4.79 Å². The van der Waals surface area contributed by atoms with Gasteiger partial charge in [0.15, 0.2) is 17.3 Å². The summed E-state index contributed by atoms with van der Waals surface area (Å²) in [6, 6.07) is 5.87. The molecule has 3 heterocycles. The van der Waals surface area contributed by atoms with E-state index in [0.717, 1.165) is 12.1 Å². The van der Waals surface area contributed by atoms with Crippen molar-refractivity contribution < 1.29 is 79.2 Å². The summed E-state index contributed by atoms with van der Waals surface area (Å²) in [5.74, 6) is -2.30. The second-order valence-corrected chi connectivity index (χ2v) is 10.4. The fourth-order valence-electron chi connectivity index (χ4n) is 5.02. The predicted octanol–water partition coefficient (Wildman–Crippen LogP) is -2.76. The second kappa shape index (κ2) is 12.9. The molecule has 0 spiro atoms. The van der Waals surface area contributed by atoms with E-state index >= 15 is 0 Å². The first-order chi connectivity index (χ1) is 21.4. The Morgan fingerprint density at radius 1 is 0.733 bits per heavy atom. The summed E-state index contributed by atoms with van der Waals surface area (Å²) >= 11 is 0. The lowest BCUT2D eigenvalue weighted by atomic mass is 9.99. The SMILES string of the molecule is COc1cc(-c2oc3cc(O[C@@H]4O[C@@H](CO)[C@@H](O)[C@H](O)[C@@H]4O)cc(O)c3c(=O)c2O[C@@H]2O[C@@H](CO)[C@H](O)[C@H](O)[C@H]2O)ccc1O. The highest BCUT2D eigenvalue weighted by Gasteiger charge is 2.46. The molecular formula is C28H32O17. The van der Waals surface area contributed by atoms with Crippen molar-refractivity contribution in [1.29, 1.82) is 0 Å². The van der Waals surface area contributed by atoms with Crippen LogP contribution in [0.1, 0.15) is 0 Å². The summed E-state index contributed by atoms with van der Waals surface area (Å²) in [6.07, 6.45) is -16.8. The van der Waals surface area contributed by atoms with Crippen molar-refractivity contribution in [2.45, 2.75) is 61.4 Å². The third kappa shape index (κ3) is 5.98. The Kier molecular flexibility index (Phi) is 9.38. The molecule has 2 saturated heterocycles. The highest BCUT2D eigenvalue weighted by atomic mass is 16.7. The van der Waals surface area contributed by atoms with Gasteiger partial charge in [0.1, 0.15) is 71.3 Å². The third-order valence-corrected chi connectivity index (χ3v) is 7.53. The van der Waals surface area contributed by atoms with Crippen molar-refractivity contribution >= 4 is 11.0 Å². The van der Waals surface area contributed by atoms with Crippen LogP contribution in [0.2, 0.25) is 0 Å². The quantitative estimate of drug-likeness (QED) is 0.119. The molecule has 0 saturated carbocycles. The van der Waals surface area contributed by atoms with Crippen LogP contribution in [0, 0.1) is 0 Å². The molecule has 2 aliphatic heterocycles. The summed E-state index contributed by atoms with van der Waals surface area (Å²) in [7, 11) is 1.27. The van der Waals surface area contributed by atoms with Gasteiger partial charge in [0, 0.05) is 17.7 Å². The Labute approximate surface area is 252 Å². The molecular weight excluding hydrogens is 608 g/mol. The van der Waals surface area contributed by atoms with Crippen LogP contribution in [-0.2, 0) is 9.47 Å². The number of phenols is 2. The van der Waals surface area contributed by atoms with Crippen molar-refractivity contribution in [2.75, 3.05) is 20.3 Å². The molecule has 17 nitrogen and oxygen atoms in total. The van der Waals surface area contributed by atoms with Crippen LogP contribution in [0.15, 0.2) is 39.5 Å². The maximum absolute atomic E-state index is 13.8. The third-order valence-electron chi connectivity index (χ3n) is 7.53.